The number of nitrogens with zero attached hydrogens (tertiary/aromatic N) is 3. The Hall–Kier alpha value is -0.710. The zero-order valence-corrected chi connectivity index (χ0v) is 17.0. The van der Waals surface area contributed by atoms with E-state index < -0.39 is 0 Å². The second-order valence-electron chi connectivity index (χ2n) is 6.67. The van der Waals surface area contributed by atoms with E-state index in [0.717, 1.165) is 35.4 Å². The van der Waals surface area contributed by atoms with Crippen LogP contribution in [0, 0.1) is 5.92 Å². The number of rotatable bonds is 7. The topological polar surface area (TPSA) is 30.7 Å². The first-order valence-corrected chi connectivity index (χ1v) is 10.9. The molecule has 1 saturated carbocycles. The van der Waals surface area contributed by atoms with Gasteiger partial charge in [0.25, 0.3) is 0 Å². The predicted molar refractivity (Wildman–Crippen MR) is 107 cm³/mol. The maximum absolute atomic E-state index is 6.27. The number of benzene rings is 1. The average Bonchev–Trinajstić information content (AvgIpc) is 3.02. The summed E-state index contributed by atoms with van der Waals surface area (Å²) >= 11 is 14.2. The molecule has 3 nitrogen and oxygen atoms in total. The normalized spacial score (nSPS) is 15.6. The van der Waals surface area contributed by atoms with Gasteiger partial charge in [-0.3, -0.25) is 0 Å². The van der Waals surface area contributed by atoms with Crippen LogP contribution in [0.3, 0.4) is 0 Å². The van der Waals surface area contributed by atoms with Crippen molar-refractivity contribution in [3.05, 3.63) is 39.6 Å². The third-order valence-corrected chi connectivity index (χ3v) is 6.72. The minimum Gasteiger partial charge on any atom is -0.306 e. The minimum atomic E-state index is 0.708. The van der Waals surface area contributed by atoms with Crippen molar-refractivity contribution in [1.82, 2.24) is 14.8 Å². The summed E-state index contributed by atoms with van der Waals surface area (Å²) in [7, 11) is 0. The first kappa shape index (κ1) is 19.1. The summed E-state index contributed by atoms with van der Waals surface area (Å²) in [4.78, 5) is 0. The van der Waals surface area contributed by atoms with Crippen LogP contribution >= 0.6 is 35.0 Å². The molecule has 0 bridgehead atoms. The van der Waals surface area contributed by atoms with Gasteiger partial charge in [0.15, 0.2) is 5.16 Å². The summed E-state index contributed by atoms with van der Waals surface area (Å²) in [6.07, 6.45) is 9.22. The lowest BCUT2D eigenvalue weighted by Gasteiger charge is -2.21. The largest absolute Gasteiger partial charge is 0.306 e. The van der Waals surface area contributed by atoms with Crippen molar-refractivity contribution in [2.24, 2.45) is 5.92 Å². The Bertz CT molecular complexity index is 676. The maximum Gasteiger partial charge on any atom is 0.191 e. The van der Waals surface area contributed by atoms with Crippen molar-refractivity contribution in [3.8, 4) is 0 Å². The van der Waals surface area contributed by atoms with Gasteiger partial charge in [0.2, 0.25) is 0 Å². The molecule has 0 saturated heterocycles. The lowest BCUT2D eigenvalue weighted by Crippen LogP contribution is -2.10. The van der Waals surface area contributed by atoms with E-state index >= 15 is 0 Å². The molecule has 0 amide bonds. The molecule has 1 aromatic carbocycles. The van der Waals surface area contributed by atoms with Crippen molar-refractivity contribution in [2.45, 2.75) is 69.3 Å². The quantitative estimate of drug-likeness (QED) is 0.505. The SMILES string of the molecule is CCn1c(CCC2CCCCC2)nnc1SCc1c(Cl)cccc1Cl. The highest BCUT2D eigenvalue weighted by atomic mass is 35.5. The molecule has 0 spiro atoms. The molecule has 2 aromatic rings. The number of aromatic nitrogens is 3. The van der Waals surface area contributed by atoms with Crippen molar-refractivity contribution < 1.29 is 0 Å². The third kappa shape index (κ3) is 4.93. The number of hydrogen-bond acceptors (Lipinski definition) is 3. The highest BCUT2D eigenvalue weighted by Crippen LogP contribution is 2.32. The summed E-state index contributed by atoms with van der Waals surface area (Å²) in [6.45, 7) is 3.05. The van der Waals surface area contributed by atoms with Crippen LogP contribution in [0.15, 0.2) is 23.4 Å². The average molecular weight is 398 g/mol. The van der Waals surface area contributed by atoms with Crippen LogP contribution in [0.2, 0.25) is 10.0 Å². The fraction of sp³-hybridized carbons (Fsp3) is 0.579. The zero-order valence-electron chi connectivity index (χ0n) is 14.7. The molecule has 136 valence electrons. The standard InChI is InChI=1S/C19H25Cl2N3S/c1-2-24-18(12-11-14-7-4-3-5-8-14)22-23-19(24)25-13-15-16(20)9-6-10-17(15)21/h6,9-10,14H,2-5,7-8,11-13H2,1H3. The van der Waals surface area contributed by atoms with Gasteiger partial charge >= 0.3 is 0 Å². The molecule has 0 aliphatic heterocycles. The van der Waals surface area contributed by atoms with E-state index in [1.54, 1.807) is 11.8 Å². The van der Waals surface area contributed by atoms with Gasteiger partial charge in [-0.1, -0.05) is 73.1 Å². The van der Waals surface area contributed by atoms with E-state index in [-0.39, 0.29) is 0 Å². The van der Waals surface area contributed by atoms with Crippen molar-refractivity contribution in [3.63, 3.8) is 0 Å². The summed E-state index contributed by atoms with van der Waals surface area (Å²) in [6, 6.07) is 5.63. The first-order chi connectivity index (χ1) is 12.2. The van der Waals surface area contributed by atoms with Crippen molar-refractivity contribution >= 4 is 35.0 Å². The summed E-state index contributed by atoms with van der Waals surface area (Å²) in [5.74, 6) is 2.69. The Morgan fingerprint density at radius 1 is 1.12 bits per heavy atom. The number of thioether (sulfide) groups is 1. The molecular weight excluding hydrogens is 373 g/mol. The van der Waals surface area contributed by atoms with Crippen LogP contribution in [-0.2, 0) is 18.7 Å². The first-order valence-electron chi connectivity index (χ1n) is 9.16. The van der Waals surface area contributed by atoms with Crippen LogP contribution < -0.4 is 0 Å². The number of aryl methyl sites for hydroxylation is 1. The molecule has 1 aliphatic rings. The summed E-state index contributed by atoms with van der Waals surface area (Å²) in [5, 5.41) is 11.2. The Morgan fingerprint density at radius 3 is 2.52 bits per heavy atom. The molecule has 0 radical (unpaired) electrons. The van der Waals surface area contributed by atoms with Crippen LogP contribution in [0.5, 0.6) is 0 Å². The number of hydrogen-bond donors (Lipinski definition) is 0. The van der Waals surface area contributed by atoms with Gasteiger partial charge in [-0.25, -0.2) is 0 Å². The molecule has 1 aromatic heterocycles. The molecule has 25 heavy (non-hydrogen) atoms. The van der Waals surface area contributed by atoms with Crippen LogP contribution in [0.1, 0.15) is 56.8 Å². The fourth-order valence-corrected chi connectivity index (χ4v) is 5.31. The van der Waals surface area contributed by atoms with Gasteiger partial charge in [0.1, 0.15) is 5.82 Å². The second-order valence-corrected chi connectivity index (χ2v) is 8.43. The highest BCUT2D eigenvalue weighted by molar-refractivity contribution is 7.98. The van der Waals surface area contributed by atoms with E-state index in [9.17, 15) is 0 Å². The minimum absolute atomic E-state index is 0.708. The van der Waals surface area contributed by atoms with Crippen LogP contribution in [0.25, 0.3) is 0 Å². The molecule has 1 fully saturated rings. The van der Waals surface area contributed by atoms with E-state index in [1.165, 1.54) is 38.5 Å². The smallest absolute Gasteiger partial charge is 0.191 e. The van der Waals surface area contributed by atoms with Crippen molar-refractivity contribution in [2.75, 3.05) is 0 Å². The summed E-state index contributed by atoms with van der Waals surface area (Å²) < 4.78 is 2.23. The van der Waals surface area contributed by atoms with Crippen molar-refractivity contribution in [1.29, 1.82) is 0 Å². The molecule has 1 aliphatic carbocycles. The van der Waals surface area contributed by atoms with Gasteiger partial charge in [-0.15, -0.1) is 10.2 Å². The lowest BCUT2D eigenvalue weighted by molar-refractivity contribution is 0.335. The van der Waals surface area contributed by atoms with Gasteiger partial charge in [-0.05, 0) is 37.0 Å². The van der Waals surface area contributed by atoms with Gasteiger partial charge in [0, 0.05) is 28.8 Å². The summed E-state index contributed by atoms with van der Waals surface area (Å²) in [5.41, 5.74) is 0.963. The van der Waals surface area contributed by atoms with Gasteiger partial charge in [0.05, 0.1) is 0 Å². The molecule has 0 atom stereocenters. The Kier molecular flexibility index (Phi) is 7.08. The molecule has 6 heteroatoms. The zero-order chi connectivity index (χ0) is 17.6. The maximum atomic E-state index is 6.27. The van der Waals surface area contributed by atoms with Gasteiger partial charge in [-0.2, -0.15) is 0 Å². The Balaban J connectivity index is 1.63. The Labute approximate surface area is 164 Å². The van der Waals surface area contributed by atoms with Crippen LogP contribution in [-0.4, -0.2) is 14.8 Å². The molecule has 1 heterocycles. The Morgan fingerprint density at radius 2 is 1.84 bits per heavy atom. The molecular formula is C19H25Cl2N3S. The number of halogens is 2. The van der Waals surface area contributed by atoms with E-state index in [1.807, 2.05) is 18.2 Å². The predicted octanol–water partition coefficient (Wildman–Crippen LogP) is 6.41. The van der Waals surface area contributed by atoms with E-state index in [2.05, 4.69) is 21.7 Å². The van der Waals surface area contributed by atoms with E-state index in [0.29, 0.717) is 15.8 Å². The monoisotopic (exact) mass is 397 g/mol. The third-order valence-electron chi connectivity index (χ3n) is 5.02. The molecule has 0 N–H and O–H groups in total. The van der Waals surface area contributed by atoms with Crippen LogP contribution in [0.4, 0.5) is 0 Å². The molecule has 3 rings (SSSR count). The second kappa shape index (κ2) is 9.29. The lowest BCUT2D eigenvalue weighted by atomic mass is 9.86. The van der Waals surface area contributed by atoms with E-state index in [4.69, 9.17) is 23.2 Å². The fourth-order valence-electron chi connectivity index (χ4n) is 3.54. The highest BCUT2D eigenvalue weighted by Gasteiger charge is 2.17. The molecule has 0 unspecified atom stereocenters. The van der Waals surface area contributed by atoms with Gasteiger partial charge < -0.3 is 4.57 Å².